The number of carbonyl (C=O) groups excluding carboxylic acids is 1. The number of esters is 1. The molecule has 2 heterocycles. The summed E-state index contributed by atoms with van der Waals surface area (Å²) in [5.41, 5.74) is 1.61. The van der Waals surface area contributed by atoms with E-state index in [1.165, 1.54) is 20.0 Å². The normalized spacial score (nSPS) is 14.9. The Balaban J connectivity index is 1.70. The summed E-state index contributed by atoms with van der Waals surface area (Å²) in [6.07, 6.45) is 4.57. The second-order valence-electron chi connectivity index (χ2n) is 6.16. The van der Waals surface area contributed by atoms with E-state index in [0.717, 1.165) is 17.2 Å². The van der Waals surface area contributed by atoms with Crippen molar-refractivity contribution in [1.82, 2.24) is 15.0 Å². The third-order valence-electron chi connectivity index (χ3n) is 4.26. The average molecular weight is 326 g/mol. The van der Waals surface area contributed by atoms with Gasteiger partial charge in [-0.15, -0.1) is 0 Å². The van der Waals surface area contributed by atoms with Crippen LogP contribution in [0.1, 0.15) is 25.1 Å². The van der Waals surface area contributed by atoms with E-state index in [1.807, 2.05) is 31.2 Å². The van der Waals surface area contributed by atoms with Crippen LogP contribution in [0.4, 0.5) is 5.82 Å². The first-order valence-electron chi connectivity index (χ1n) is 8.23. The van der Waals surface area contributed by atoms with E-state index in [2.05, 4.69) is 20.3 Å². The van der Waals surface area contributed by atoms with Gasteiger partial charge in [-0.05, 0) is 43.7 Å². The van der Waals surface area contributed by atoms with Gasteiger partial charge in [-0.3, -0.25) is 9.78 Å². The molecular weight excluding hydrogens is 304 g/mol. The molecule has 2 aromatic rings. The first-order chi connectivity index (χ1) is 11.7. The third-order valence-corrected chi connectivity index (χ3v) is 4.26. The van der Waals surface area contributed by atoms with Crippen LogP contribution in [0.15, 0.2) is 30.5 Å². The van der Waals surface area contributed by atoms with Gasteiger partial charge in [0.15, 0.2) is 0 Å². The number of methoxy groups -OCH3 is 1. The molecule has 3 rings (SSSR count). The van der Waals surface area contributed by atoms with Gasteiger partial charge in [0.1, 0.15) is 11.6 Å². The van der Waals surface area contributed by atoms with Crippen molar-refractivity contribution >= 4 is 11.8 Å². The van der Waals surface area contributed by atoms with E-state index in [1.54, 1.807) is 6.20 Å². The number of aromatic nitrogens is 3. The van der Waals surface area contributed by atoms with Crippen LogP contribution in [0.5, 0.6) is 0 Å². The van der Waals surface area contributed by atoms with Crippen molar-refractivity contribution in [3.63, 3.8) is 0 Å². The van der Waals surface area contributed by atoms with Gasteiger partial charge in [-0.1, -0.05) is 6.07 Å². The van der Waals surface area contributed by atoms with Gasteiger partial charge in [0.25, 0.3) is 0 Å². The van der Waals surface area contributed by atoms with E-state index in [4.69, 9.17) is 4.74 Å². The topological polar surface area (TPSA) is 77.0 Å². The van der Waals surface area contributed by atoms with Crippen LogP contribution >= 0.6 is 0 Å². The highest BCUT2D eigenvalue weighted by atomic mass is 16.5. The number of hydrogen-bond acceptors (Lipinski definition) is 6. The van der Waals surface area contributed by atoms with Crippen molar-refractivity contribution in [3.05, 3.63) is 36.3 Å². The molecule has 1 aliphatic carbocycles. The molecule has 1 unspecified atom stereocenters. The molecule has 0 aliphatic heterocycles. The summed E-state index contributed by atoms with van der Waals surface area (Å²) in [7, 11) is 1.44. The lowest BCUT2D eigenvalue weighted by molar-refractivity contribution is -0.141. The Bertz CT molecular complexity index is 701. The van der Waals surface area contributed by atoms with E-state index < -0.39 is 0 Å². The standard InChI is InChI=1S/C18H22N4O2/c1-12-21-16(15-5-3-4-8-19-15)10-17(22-12)20-11-14(13-6-7-13)9-18(23)24-2/h3-5,8,10,13-14H,6-7,9,11H2,1-2H3,(H,20,21,22). The lowest BCUT2D eigenvalue weighted by Crippen LogP contribution is -2.21. The van der Waals surface area contributed by atoms with Crippen molar-refractivity contribution in [1.29, 1.82) is 0 Å². The van der Waals surface area contributed by atoms with Crippen LogP contribution < -0.4 is 5.32 Å². The van der Waals surface area contributed by atoms with E-state index in [9.17, 15) is 4.79 Å². The summed E-state index contributed by atoms with van der Waals surface area (Å²) in [6.45, 7) is 2.57. The van der Waals surface area contributed by atoms with Gasteiger partial charge in [0, 0.05) is 18.8 Å². The molecule has 0 aromatic carbocycles. The number of aryl methyl sites for hydroxylation is 1. The summed E-state index contributed by atoms with van der Waals surface area (Å²) < 4.78 is 4.81. The zero-order valence-electron chi connectivity index (χ0n) is 14.0. The largest absolute Gasteiger partial charge is 0.469 e. The van der Waals surface area contributed by atoms with Crippen LogP contribution in [0, 0.1) is 18.8 Å². The van der Waals surface area contributed by atoms with Gasteiger partial charge in [0.05, 0.1) is 24.9 Å². The molecule has 1 N–H and O–H groups in total. The number of rotatable bonds is 7. The molecule has 126 valence electrons. The van der Waals surface area contributed by atoms with Gasteiger partial charge >= 0.3 is 5.97 Å². The first kappa shape index (κ1) is 16.4. The van der Waals surface area contributed by atoms with Crippen LogP contribution in [0.2, 0.25) is 0 Å². The third kappa shape index (κ3) is 4.28. The number of carbonyl (C=O) groups is 1. The Hall–Kier alpha value is -2.50. The Morgan fingerprint density at radius 2 is 2.17 bits per heavy atom. The Morgan fingerprint density at radius 3 is 2.83 bits per heavy atom. The summed E-state index contributed by atoms with van der Waals surface area (Å²) in [5.74, 6) is 2.19. The highest BCUT2D eigenvalue weighted by Crippen LogP contribution is 2.38. The number of nitrogens with one attached hydrogen (secondary N) is 1. The summed E-state index contributed by atoms with van der Waals surface area (Å²) in [4.78, 5) is 24.8. The van der Waals surface area contributed by atoms with Crippen LogP contribution in [0.3, 0.4) is 0 Å². The second-order valence-corrected chi connectivity index (χ2v) is 6.16. The molecule has 0 spiro atoms. The molecule has 6 heteroatoms. The number of pyridine rings is 1. The fourth-order valence-electron chi connectivity index (χ4n) is 2.81. The molecule has 24 heavy (non-hydrogen) atoms. The lowest BCUT2D eigenvalue weighted by atomic mass is 10.00. The fraction of sp³-hybridized carbons (Fsp3) is 0.444. The average Bonchev–Trinajstić information content (AvgIpc) is 3.43. The summed E-state index contributed by atoms with van der Waals surface area (Å²) in [5, 5.41) is 3.36. The number of hydrogen-bond donors (Lipinski definition) is 1. The maximum Gasteiger partial charge on any atom is 0.305 e. The van der Waals surface area contributed by atoms with Crippen molar-refractivity contribution in [2.24, 2.45) is 11.8 Å². The maximum atomic E-state index is 11.6. The second kappa shape index (κ2) is 7.38. The summed E-state index contributed by atoms with van der Waals surface area (Å²) >= 11 is 0. The van der Waals surface area contributed by atoms with E-state index in [-0.39, 0.29) is 11.9 Å². The van der Waals surface area contributed by atoms with Crippen LogP contribution in [0.25, 0.3) is 11.4 Å². The van der Waals surface area contributed by atoms with Gasteiger partial charge in [-0.2, -0.15) is 0 Å². The fourth-order valence-corrected chi connectivity index (χ4v) is 2.81. The molecular formula is C18H22N4O2. The zero-order chi connectivity index (χ0) is 16.9. The van der Waals surface area contributed by atoms with Gasteiger partial charge in [0.2, 0.25) is 0 Å². The Labute approximate surface area is 141 Å². The molecule has 1 saturated carbocycles. The van der Waals surface area contributed by atoms with Crippen LogP contribution in [-0.2, 0) is 9.53 Å². The monoisotopic (exact) mass is 326 g/mol. The minimum atomic E-state index is -0.151. The smallest absolute Gasteiger partial charge is 0.305 e. The number of nitrogens with zero attached hydrogens (tertiary/aromatic N) is 3. The van der Waals surface area contributed by atoms with Crippen molar-refractivity contribution in [2.45, 2.75) is 26.2 Å². The highest BCUT2D eigenvalue weighted by Gasteiger charge is 2.32. The highest BCUT2D eigenvalue weighted by molar-refractivity contribution is 5.69. The number of ether oxygens (including phenoxy) is 1. The lowest BCUT2D eigenvalue weighted by Gasteiger charge is -2.16. The molecule has 6 nitrogen and oxygen atoms in total. The number of anilines is 1. The zero-order valence-corrected chi connectivity index (χ0v) is 14.0. The van der Waals surface area contributed by atoms with E-state index in [0.29, 0.717) is 24.7 Å². The maximum absolute atomic E-state index is 11.6. The van der Waals surface area contributed by atoms with Crippen molar-refractivity contribution < 1.29 is 9.53 Å². The van der Waals surface area contributed by atoms with Crippen molar-refractivity contribution in [2.75, 3.05) is 19.0 Å². The molecule has 1 aliphatic rings. The predicted molar refractivity (Wildman–Crippen MR) is 91.3 cm³/mol. The first-order valence-corrected chi connectivity index (χ1v) is 8.23. The molecule has 1 fully saturated rings. The van der Waals surface area contributed by atoms with E-state index >= 15 is 0 Å². The van der Waals surface area contributed by atoms with Gasteiger partial charge in [-0.25, -0.2) is 9.97 Å². The quantitative estimate of drug-likeness (QED) is 0.788. The molecule has 2 aromatic heterocycles. The predicted octanol–water partition coefficient (Wildman–Crippen LogP) is 2.85. The van der Waals surface area contributed by atoms with Crippen molar-refractivity contribution in [3.8, 4) is 11.4 Å². The molecule has 0 bridgehead atoms. The Morgan fingerprint density at radius 1 is 1.33 bits per heavy atom. The Kier molecular flexibility index (Phi) is 5.03. The summed E-state index contributed by atoms with van der Waals surface area (Å²) in [6, 6.07) is 7.64. The molecule has 0 amide bonds. The molecule has 1 atom stereocenters. The molecule has 0 saturated heterocycles. The minimum absolute atomic E-state index is 0.151. The SMILES string of the molecule is COC(=O)CC(CNc1cc(-c2ccccn2)nc(C)n1)C1CC1. The minimum Gasteiger partial charge on any atom is -0.469 e. The van der Waals surface area contributed by atoms with Crippen LogP contribution in [-0.4, -0.2) is 34.6 Å². The molecule has 0 radical (unpaired) electrons. The van der Waals surface area contributed by atoms with Gasteiger partial charge < -0.3 is 10.1 Å².